The van der Waals surface area contributed by atoms with Crippen molar-refractivity contribution in [3.05, 3.63) is 28.8 Å². The van der Waals surface area contributed by atoms with Gasteiger partial charge in [0.1, 0.15) is 0 Å². The summed E-state index contributed by atoms with van der Waals surface area (Å²) in [5, 5.41) is 9.05. The summed E-state index contributed by atoms with van der Waals surface area (Å²) in [6.07, 6.45) is 0. The molecule has 1 aromatic carbocycles. The molecule has 20 heavy (non-hydrogen) atoms. The first-order chi connectivity index (χ1) is 9.15. The van der Waals surface area contributed by atoms with Crippen molar-refractivity contribution in [1.82, 2.24) is 4.89 Å². The molecule has 0 aromatic heterocycles. The maximum absolute atomic E-state index is 12.1. The topological polar surface area (TPSA) is 92.7 Å². The quantitative estimate of drug-likeness (QED) is 0.782. The van der Waals surface area contributed by atoms with Crippen LogP contribution in [0.1, 0.15) is 35.3 Å². The van der Waals surface area contributed by atoms with E-state index in [4.69, 9.17) is 9.94 Å². The van der Waals surface area contributed by atoms with E-state index >= 15 is 0 Å². The molecule has 0 radical (unpaired) electrons. The number of hydrogen-bond acceptors (Lipinski definition) is 4. The summed E-state index contributed by atoms with van der Waals surface area (Å²) in [5.41, 5.74) is 0.935. The molecule has 0 aliphatic rings. The average Bonchev–Trinajstić information content (AvgIpc) is 2.26. The van der Waals surface area contributed by atoms with Crippen molar-refractivity contribution in [2.45, 2.75) is 32.6 Å². The SMILES string of the molecule is Cc1cc(C)c(S(=O)(=O)NOCC(C)C)cc1C(=O)O. The molecule has 0 fully saturated rings. The van der Waals surface area contributed by atoms with E-state index in [1.54, 1.807) is 13.8 Å². The average molecular weight is 301 g/mol. The minimum absolute atomic E-state index is 0.0418. The molecule has 2 N–H and O–H groups in total. The highest BCUT2D eigenvalue weighted by atomic mass is 32.2. The Kier molecular flexibility index (Phi) is 5.27. The Labute approximate surface area is 118 Å². The molecule has 1 aromatic rings. The molecule has 0 atom stereocenters. The molecule has 0 saturated heterocycles. The van der Waals surface area contributed by atoms with Crippen LogP contribution >= 0.6 is 0 Å². The van der Waals surface area contributed by atoms with Gasteiger partial charge in [-0.2, -0.15) is 0 Å². The summed E-state index contributed by atoms with van der Waals surface area (Å²) in [4.78, 5) is 17.9. The fraction of sp³-hybridized carbons (Fsp3) is 0.462. The zero-order valence-electron chi connectivity index (χ0n) is 11.9. The molecule has 112 valence electrons. The number of rotatable bonds is 6. The monoisotopic (exact) mass is 301 g/mol. The molecule has 7 heteroatoms. The molecule has 0 saturated carbocycles. The Morgan fingerprint density at radius 2 is 1.90 bits per heavy atom. The Hall–Kier alpha value is -1.44. The van der Waals surface area contributed by atoms with Crippen LogP contribution in [0.5, 0.6) is 0 Å². The van der Waals surface area contributed by atoms with Crippen LogP contribution in [0.2, 0.25) is 0 Å². The van der Waals surface area contributed by atoms with Gasteiger partial charge in [0.05, 0.1) is 17.1 Å². The summed E-state index contributed by atoms with van der Waals surface area (Å²) in [7, 11) is -3.89. The van der Waals surface area contributed by atoms with E-state index in [0.29, 0.717) is 11.1 Å². The highest BCUT2D eigenvalue weighted by molar-refractivity contribution is 7.89. The van der Waals surface area contributed by atoms with Crippen molar-refractivity contribution in [3.63, 3.8) is 0 Å². The summed E-state index contributed by atoms with van der Waals surface area (Å²) in [6, 6.07) is 2.68. The predicted molar refractivity (Wildman–Crippen MR) is 74.0 cm³/mol. The van der Waals surface area contributed by atoms with Crippen molar-refractivity contribution in [2.75, 3.05) is 6.61 Å². The van der Waals surface area contributed by atoms with Crippen molar-refractivity contribution in [2.24, 2.45) is 5.92 Å². The summed E-state index contributed by atoms with van der Waals surface area (Å²) in [5.74, 6) is -0.992. The fourth-order valence-corrected chi connectivity index (χ4v) is 2.74. The lowest BCUT2D eigenvalue weighted by Crippen LogP contribution is -2.27. The molecule has 0 spiro atoms. The lowest BCUT2D eigenvalue weighted by atomic mass is 10.1. The lowest BCUT2D eigenvalue weighted by molar-refractivity contribution is 0.0695. The Morgan fingerprint density at radius 1 is 1.30 bits per heavy atom. The number of benzene rings is 1. The molecule has 0 aliphatic carbocycles. The minimum atomic E-state index is -3.89. The van der Waals surface area contributed by atoms with Crippen molar-refractivity contribution < 1.29 is 23.2 Å². The zero-order chi connectivity index (χ0) is 15.5. The second-order valence-corrected chi connectivity index (χ2v) is 6.64. The third kappa shape index (κ3) is 4.03. The summed E-state index contributed by atoms with van der Waals surface area (Å²) in [6.45, 7) is 7.23. The highest BCUT2D eigenvalue weighted by Gasteiger charge is 2.21. The fourth-order valence-electron chi connectivity index (χ4n) is 1.68. The summed E-state index contributed by atoms with van der Waals surface area (Å²) < 4.78 is 24.2. The lowest BCUT2D eigenvalue weighted by Gasteiger charge is -2.12. The van der Waals surface area contributed by atoms with Gasteiger partial charge in [0, 0.05) is 0 Å². The van der Waals surface area contributed by atoms with Crippen LogP contribution in [0.15, 0.2) is 17.0 Å². The number of aryl methyl sites for hydroxylation is 2. The maximum atomic E-state index is 12.1. The standard InChI is InChI=1S/C13H19NO5S/c1-8(2)7-19-14-20(17,18)12-6-11(13(15)16)9(3)5-10(12)4/h5-6,8,14H,7H2,1-4H3,(H,15,16). The predicted octanol–water partition coefficient (Wildman–Crippen LogP) is 1.87. The molecule has 6 nitrogen and oxygen atoms in total. The molecule has 0 unspecified atom stereocenters. The van der Waals surface area contributed by atoms with Crippen LogP contribution in [-0.2, 0) is 14.9 Å². The zero-order valence-corrected chi connectivity index (χ0v) is 12.7. The van der Waals surface area contributed by atoms with Gasteiger partial charge in [0.2, 0.25) is 0 Å². The van der Waals surface area contributed by atoms with Gasteiger partial charge >= 0.3 is 5.97 Å². The number of aromatic carboxylic acids is 1. The van der Waals surface area contributed by atoms with Crippen molar-refractivity contribution >= 4 is 16.0 Å². The van der Waals surface area contributed by atoms with Crippen molar-refractivity contribution in [1.29, 1.82) is 0 Å². The van der Waals surface area contributed by atoms with Gasteiger partial charge in [-0.05, 0) is 37.0 Å². The number of nitrogens with one attached hydrogen (secondary N) is 1. The van der Waals surface area contributed by atoms with Gasteiger partial charge in [-0.15, -0.1) is 0 Å². The number of sulfonamides is 1. The van der Waals surface area contributed by atoms with E-state index < -0.39 is 16.0 Å². The normalized spacial score (nSPS) is 11.8. The molecule has 0 heterocycles. The highest BCUT2D eigenvalue weighted by Crippen LogP contribution is 2.20. The second kappa shape index (κ2) is 6.34. The van der Waals surface area contributed by atoms with Crippen LogP contribution in [0, 0.1) is 19.8 Å². The smallest absolute Gasteiger partial charge is 0.335 e. The van der Waals surface area contributed by atoms with Gasteiger partial charge in [-0.25, -0.2) is 13.2 Å². The number of carboxylic acid groups (broad SMARTS) is 1. The van der Waals surface area contributed by atoms with Gasteiger partial charge in [-0.1, -0.05) is 24.8 Å². The van der Waals surface area contributed by atoms with E-state index in [1.807, 2.05) is 18.7 Å². The van der Waals surface area contributed by atoms with Gasteiger partial charge in [-0.3, -0.25) is 4.84 Å². The van der Waals surface area contributed by atoms with E-state index in [-0.39, 0.29) is 23.0 Å². The third-order valence-electron chi connectivity index (χ3n) is 2.63. The van der Waals surface area contributed by atoms with E-state index in [1.165, 1.54) is 6.07 Å². The Balaban J connectivity index is 3.11. The van der Waals surface area contributed by atoms with Crippen LogP contribution in [0.4, 0.5) is 0 Å². The third-order valence-corrected chi connectivity index (χ3v) is 3.98. The largest absolute Gasteiger partial charge is 0.478 e. The maximum Gasteiger partial charge on any atom is 0.335 e. The van der Waals surface area contributed by atoms with E-state index in [2.05, 4.69) is 0 Å². The Bertz CT molecular complexity index is 607. The summed E-state index contributed by atoms with van der Waals surface area (Å²) >= 11 is 0. The molecule has 0 bridgehead atoms. The molecular weight excluding hydrogens is 282 g/mol. The van der Waals surface area contributed by atoms with Gasteiger partial charge in [0.25, 0.3) is 10.0 Å². The van der Waals surface area contributed by atoms with Gasteiger partial charge in [0.15, 0.2) is 0 Å². The number of hydrogen-bond donors (Lipinski definition) is 2. The van der Waals surface area contributed by atoms with E-state index in [9.17, 15) is 13.2 Å². The first-order valence-corrected chi connectivity index (χ1v) is 7.61. The van der Waals surface area contributed by atoms with E-state index in [0.717, 1.165) is 6.07 Å². The number of carboxylic acids is 1. The minimum Gasteiger partial charge on any atom is -0.478 e. The number of carbonyl (C=O) groups is 1. The van der Waals surface area contributed by atoms with Crippen LogP contribution < -0.4 is 4.89 Å². The second-order valence-electron chi connectivity index (χ2n) is 5.03. The first-order valence-electron chi connectivity index (χ1n) is 6.13. The molecule has 1 rings (SSSR count). The molecule has 0 aliphatic heterocycles. The van der Waals surface area contributed by atoms with Crippen LogP contribution in [-0.4, -0.2) is 26.1 Å². The molecule has 0 amide bonds. The van der Waals surface area contributed by atoms with Crippen LogP contribution in [0.3, 0.4) is 0 Å². The first kappa shape index (κ1) is 16.6. The van der Waals surface area contributed by atoms with Crippen molar-refractivity contribution in [3.8, 4) is 0 Å². The van der Waals surface area contributed by atoms with Crippen LogP contribution in [0.25, 0.3) is 0 Å². The Morgan fingerprint density at radius 3 is 2.40 bits per heavy atom. The molecular formula is C13H19NO5S. The van der Waals surface area contributed by atoms with Gasteiger partial charge < -0.3 is 5.11 Å².